The summed E-state index contributed by atoms with van der Waals surface area (Å²) in [4.78, 5) is 10.8. The van der Waals surface area contributed by atoms with Gasteiger partial charge in [-0.25, -0.2) is 0 Å². The molecular formula is C9H17NO3. The van der Waals surface area contributed by atoms with Gasteiger partial charge in [-0.1, -0.05) is 0 Å². The largest absolute Gasteiger partial charge is 0.480 e. The molecule has 1 saturated carbocycles. The molecule has 0 amide bonds. The van der Waals surface area contributed by atoms with Crippen LogP contribution in [0.2, 0.25) is 0 Å². The highest BCUT2D eigenvalue weighted by Crippen LogP contribution is 2.35. The van der Waals surface area contributed by atoms with Crippen LogP contribution in [-0.4, -0.2) is 29.3 Å². The highest BCUT2D eigenvalue weighted by Gasteiger charge is 2.42. The lowest BCUT2D eigenvalue weighted by molar-refractivity contribution is -0.147. The van der Waals surface area contributed by atoms with E-state index in [9.17, 15) is 4.79 Å². The standard InChI is InChI=1S/C9H17NO3/c1-8(13-2)3-5-9(10,6-4-8)7(11)12/h3-6,10H2,1-2H3,(H,11,12). The van der Waals surface area contributed by atoms with Gasteiger partial charge in [0.1, 0.15) is 5.54 Å². The Morgan fingerprint density at radius 2 is 1.85 bits per heavy atom. The van der Waals surface area contributed by atoms with Crippen molar-refractivity contribution in [3.8, 4) is 0 Å². The van der Waals surface area contributed by atoms with Crippen LogP contribution in [0.4, 0.5) is 0 Å². The van der Waals surface area contributed by atoms with E-state index in [1.54, 1.807) is 7.11 Å². The Hall–Kier alpha value is -0.610. The quantitative estimate of drug-likeness (QED) is 0.669. The Balaban J connectivity index is 2.61. The fourth-order valence-corrected chi connectivity index (χ4v) is 1.64. The summed E-state index contributed by atoms with van der Waals surface area (Å²) in [6.45, 7) is 1.99. The minimum Gasteiger partial charge on any atom is -0.480 e. The van der Waals surface area contributed by atoms with Crippen molar-refractivity contribution >= 4 is 5.97 Å². The van der Waals surface area contributed by atoms with Crippen molar-refractivity contribution in [2.45, 2.75) is 43.7 Å². The Morgan fingerprint density at radius 1 is 1.38 bits per heavy atom. The Bertz CT molecular complexity index is 207. The summed E-state index contributed by atoms with van der Waals surface area (Å²) in [5.74, 6) is -0.898. The summed E-state index contributed by atoms with van der Waals surface area (Å²) >= 11 is 0. The van der Waals surface area contributed by atoms with Crippen LogP contribution in [0.1, 0.15) is 32.6 Å². The molecule has 0 unspecified atom stereocenters. The monoisotopic (exact) mass is 187 g/mol. The van der Waals surface area contributed by atoms with Crippen molar-refractivity contribution in [3.63, 3.8) is 0 Å². The smallest absolute Gasteiger partial charge is 0.323 e. The summed E-state index contributed by atoms with van der Waals surface area (Å²) in [6, 6.07) is 0. The van der Waals surface area contributed by atoms with Gasteiger partial charge in [0.05, 0.1) is 5.60 Å². The van der Waals surface area contributed by atoms with Crippen molar-refractivity contribution in [3.05, 3.63) is 0 Å². The molecule has 0 atom stereocenters. The van der Waals surface area contributed by atoms with E-state index >= 15 is 0 Å². The first-order valence-electron chi connectivity index (χ1n) is 4.49. The molecule has 0 heterocycles. The van der Waals surface area contributed by atoms with Gasteiger partial charge in [-0.2, -0.15) is 0 Å². The summed E-state index contributed by atoms with van der Waals surface area (Å²) in [5, 5.41) is 8.87. The molecule has 1 aliphatic carbocycles. The maximum absolute atomic E-state index is 10.8. The van der Waals surface area contributed by atoms with Crippen molar-refractivity contribution in [1.29, 1.82) is 0 Å². The fourth-order valence-electron chi connectivity index (χ4n) is 1.64. The predicted molar refractivity (Wildman–Crippen MR) is 48.4 cm³/mol. The van der Waals surface area contributed by atoms with E-state index in [4.69, 9.17) is 15.6 Å². The third-order valence-corrected chi connectivity index (χ3v) is 3.12. The topological polar surface area (TPSA) is 72.5 Å². The first kappa shape index (κ1) is 10.5. The average Bonchev–Trinajstić information content (AvgIpc) is 2.11. The maximum atomic E-state index is 10.8. The SMILES string of the molecule is COC1(C)CCC(N)(C(=O)O)CC1. The van der Waals surface area contributed by atoms with E-state index in [1.165, 1.54) is 0 Å². The van der Waals surface area contributed by atoms with Gasteiger partial charge < -0.3 is 15.6 Å². The van der Waals surface area contributed by atoms with Gasteiger partial charge in [-0.3, -0.25) is 4.79 Å². The molecular weight excluding hydrogens is 170 g/mol. The number of carboxylic acids is 1. The maximum Gasteiger partial charge on any atom is 0.323 e. The minimum absolute atomic E-state index is 0.182. The number of hydrogen-bond donors (Lipinski definition) is 2. The molecule has 0 aromatic heterocycles. The van der Waals surface area contributed by atoms with E-state index in [0.717, 1.165) is 0 Å². The lowest BCUT2D eigenvalue weighted by atomic mass is 9.75. The van der Waals surface area contributed by atoms with Gasteiger partial charge in [-0.15, -0.1) is 0 Å². The minimum atomic E-state index is -1.03. The van der Waals surface area contributed by atoms with Crippen LogP contribution in [0.3, 0.4) is 0 Å². The number of methoxy groups -OCH3 is 1. The van der Waals surface area contributed by atoms with Crippen molar-refractivity contribution in [1.82, 2.24) is 0 Å². The van der Waals surface area contributed by atoms with Crippen LogP contribution in [0.5, 0.6) is 0 Å². The number of hydrogen-bond acceptors (Lipinski definition) is 3. The molecule has 0 aromatic rings. The molecule has 0 aromatic carbocycles. The first-order valence-corrected chi connectivity index (χ1v) is 4.49. The highest BCUT2D eigenvalue weighted by molar-refractivity contribution is 5.78. The summed E-state index contributed by atoms with van der Waals surface area (Å²) in [6.07, 6.45) is 2.41. The number of carboxylic acid groups (broad SMARTS) is 1. The van der Waals surface area contributed by atoms with Gasteiger partial charge in [-0.05, 0) is 32.6 Å². The van der Waals surface area contributed by atoms with E-state index in [1.807, 2.05) is 6.92 Å². The second kappa shape index (κ2) is 3.27. The molecule has 1 rings (SSSR count). The number of aliphatic carboxylic acids is 1. The fraction of sp³-hybridized carbons (Fsp3) is 0.889. The van der Waals surface area contributed by atoms with Gasteiger partial charge in [0, 0.05) is 7.11 Å². The zero-order chi connectivity index (χ0) is 10.1. The number of carbonyl (C=O) groups is 1. The van der Waals surface area contributed by atoms with Crippen LogP contribution in [-0.2, 0) is 9.53 Å². The zero-order valence-corrected chi connectivity index (χ0v) is 8.17. The number of ether oxygens (including phenoxy) is 1. The van der Waals surface area contributed by atoms with E-state index < -0.39 is 11.5 Å². The van der Waals surface area contributed by atoms with E-state index in [2.05, 4.69) is 0 Å². The van der Waals surface area contributed by atoms with Gasteiger partial charge in [0.2, 0.25) is 0 Å². The molecule has 1 aliphatic rings. The Labute approximate surface area is 78.1 Å². The molecule has 76 valence electrons. The molecule has 0 aliphatic heterocycles. The molecule has 13 heavy (non-hydrogen) atoms. The Morgan fingerprint density at radius 3 is 2.15 bits per heavy atom. The van der Waals surface area contributed by atoms with Crippen molar-refractivity contribution < 1.29 is 14.6 Å². The normalized spacial score (nSPS) is 40.2. The van der Waals surface area contributed by atoms with Gasteiger partial charge in [0.15, 0.2) is 0 Å². The lowest BCUT2D eigenvalue weighted by Crippen LogP contribution is -2.53. The van der Waals surface area contributed by atoms with Crippen LogP contribution >= 0.6 is 0 Å². The van der Waals surface area contributed by atoms with E-state index in [0.29, 0.717) is 25.7 Å². The number of rotatable bonds is 2. The van der Waals surface area contributed by atoms with Crippen LogP contribution in [0, 0.1) is 0 Å². The lowest BCUT2D eigenvalue weighted by Gasteiger charge is -2.39. The van der Waals surface area contributed by atoms with Gasteiger partial charge >= 0.3 is 5.97 Å². The summed E-state index contributed by atoms with van der Waals surface area (Å²) in [5.41, 5.74) is 4.51. The van der Waals surface area contributed by atoms with Crippen LogP contribution < -0.4 is 5.73 Å². The predicted octanol–water partition coefficient (Wildman–Crippen LogP) is 0.748. The third-order valence-electron chi connectivity index (χ3n) is 3.12. The highest BCUT2D eigenvalue weighted by atomic mass is 16.5. The molecule has 0 spiro atoms. The molecule has 0 bridgehead atoms. The summed E-state index contributed by atoms with van der Waals surface area (Å²) < 4.78 is 5.30. The third kappa shape index (κ3) is 2.00. The molecule has 0 radical (unpaired) electrons. The second-order valence-corrected chi connectivity index (χ2v) is 4.12. The van der Waals surface area contributed by atoms with Crippen molar-refractivity contribution in [2.24, 2.45) is 5.73 Å². The molecule has 3 N–H and O–H groups in total. The summed E-state index contributed by atoms with van der Waals surface area (Å²) in [7, 11) is 1.66. The molecule has 0 saturated heterocycles. The van der Waals surface area contributed by atoms with Crippen LogP contribution in [0.15, 0.2) is 0 Å². The van der Waals surface area contributed by atoms with Gasteiger partial charge in [0.25, 0.3) is 0 Å². The zero-order valence-electron chi connectivity index (χ0n) is 8.17. The Kier molecular flexibility index (Phi) is 2.63. The molecule has 1 fully saturated rings. The van der Waals surface area contributed by atoms with E-state index in [-0.39, 0.29) is 5.60 Å². The first-order chi connectivity index (χ1) is 5.92. The average molecular weight is 187 g/mol. The second-order valence-electron chi connectivity index (χ2n) is 4.12. The number of nitrogens with two attached hydrogens (primary N) is 1. The van der Waals surface area contributed by atoms with Crippen molar-refractivity contribution in [2.75, 3.05) is 7.11 Å². The van der Waals surface area contributed by atoms with Crippen LogP contribution in [0.25, 0.3) is 0 Å². The molecule has 4 nitrogen and oxygen atoms in total. The molecule has 4 heteroatoms.